The first-order chi connectivity index (χ1) is 14.1. The van der Waals surface area contributed by atoms with Gasteiger partial charge in [-0.1, -0.05) is 53.5 Å². The number of unbranched alkanes of at least 4 members (excludes halogenated alkanes) is 2. The van der Waals surface area contributed by atoms with Crippen molar-refractivity contribution in [2.45, 2.75) is 37.5 Å². The molecule has 1 aliphatic heterocycles. The van der Waals surface area contributed by atoms with E-state index in [0.717, 1.165) is 46.3 Å². The van der Waals surface area contributed by atoms with Crippen molar-refractivity contribution in [3.63, 3.8) is 0 Å². The van der Waals surface area contributed by atoms with Gasteiger partial charge in [0.1, 0.15) is 5.75 Å². The first-order valence-electron chi connectivity index (χ1n) is 9.61. The molecule has 2 aromatic carbocycles. The third-order valence-electron chi connectivity index (χ3n) is 4.81. The van der Waals surface area contributed by atoms with E-state index in [2.05, 4.69) is 33.2 Å². The molecule has 0 spiro atoms. The maximum Gasteiger partial charge on any atom is 0.325 e. The van der Waals surface area contributed by atoms with Gasteiger partial charge in [-0.25, -0.2) is 0 Å². The van der Waals surface area contributed by atoms with E-state index in [0.29, 0.717) is 10.9 Å². The van der Waals surface area contributed by atoms with Gasteiger partial charge in [-0.3, -0.25) is 9.78 Å². The number of phenolic OH excluding ortho intramolecular Hbond substituents is 1. The fraction of sp³-hybridized carbons (Fsp3) is 0.286. The van der Waals surface area contributed by atoms with E-state index >= 15 is 0 Å². The number of nitrogens with one attached hydrogen (secondary N) is 2. The first kappa shape index (κ1) is 20.0. The van der Waals surface area contributed by atoms with Gasteiger partial charge in [-0.05, 0) is 47.5 Å². The second kappa shape index (κ2) is 8.59. The molecule has 0 aliphatic carbocycles. The van der Waals surface area contributed by atoms with E-state index in [1.54, 1.807) is 34.6 Å². The van der Waals surface area contributed by atoms with Crippen LogP contribution in [-0.4, -0.2) is 20.9 Å². The molecule has 29 heavy (non-hydrogen) atoms. The first-order valence-corrected chi connectivity index (χ1v) is 11.4. The summed E-state index contributed by atoms with van der Waals surface area (Å²) >= 11 is 5.05. The number of aromatic nitrogens is 3. The number of thioether (sulfide) groups is 1. The Hall–Kier alpha value is -2.32. The number of nitrogens with zero attached hydrogens (tertiary/aromatic N) is 2. The summed E-state index contributed by atoms with van der Waals surface area (Å²) in [5, 5.41) is 18.8. The lowest BCUT2D eigenvalue weighted by Crippen LogP contribution is -2.55. The Morgan fingerprint density at radius 1 is 1.24 bits per heavy atom. The van der Waals surface area contributed by atoms with Crippen LogP contribution in [0.15, 0.2) is 56.9 Å². The number of H-pyrrole nitrogens is 1. The Kier molecular flexibility index (Phi) is 5.91. The minimum atomic E-state index is -0.400. The van der Waals surface area contributed by atoms with Crippen LogP contribution in [0.5, 0.6) is 5.75 Å². The fourth-order valence-electron chi connectivity index (χ4n) is 3.42. The Bertz CT molecular complexity index is 1100. The molecule has 1 aliphatic rings. The topological polar surface area (TPSA) is 81.9 Å². The van der Waals surface area contributed by atoms with Crippen LogP contribution in [0.4, 0.5) is 5.69 Å². The third-order valence-corrected chi connectivity index (χ3v) is 6.25. The van der Waals surface area contributed by atoms with E-state index in [-0.39, 0.29) is 11.3 Å². The molecular weight excluding hydrogens is 452 g/mol. The summed E-state index contributed by atoms with van der Waals surface area (Å²) in [5.41, 5.74) is 2.77. The van der Waals surface area contributed by atoms with Gasteiger partial charge in [0, 0.05) is 20.9 Å². The smallest absolute Gasteiger partial charge is 0.325 e. The van der Waals surface area contributed by atoms with E-state index in [1.807, 2.05) is 24.3 Å². The SMILES string of the molecule is CCCCCSc1n[n+]2c(c(=O)[nH]1)-c1cc(Br)ccc1N[C@@H]2c1cccc(O)c1. The molecule has 150 valence electrons. The normalized spacial score (nSPS) is 14.8. The summed E-state index contributed by atoms with van der Waals surface area (Å²) < 4.78 is 2.61. The molecule has 1 aromatic heterocycles. The highest BCUT2D eigenvalue weighted by atomic mass is 79.9. The lowest BCUT2D eigenvalue weighted by atomic mass is 10.0. The van der Waals surface area contributed by atoms with Crippen molar-refractivity contribution in [3.8, 4) is 17.0 Å². The Morgan fingerprint density at radius 3 is 2.90 bits per heavy atom. The predicted molar refractivity (Wildman–Crippen MR) is 118 cm³/mol. The maximum atomic E-state index is 13.1. The van der Waals surface area contributed by atoms with Crippen LogP contribution in [0.2, 0.25) is 0 Å². The highest BCUT2D eigenvalue weighted by Crippen LogP contribution is 2.34. The number of halogens is 1. The number of hydrogen-bond donors (Lipinski definition) is 3. The van der Waals surface area contributed by atoms with Crippen molar-refractivity contribution in [2.24, 2.45) is 0 Å². The van der Waals surface area contributed by atoms with E-state index in [9.17, 15) is 9.90 Å². The van der Waals surface area contributed by atoms with Crippen LogP contribution in [0.25, 0.3) is 11.3 Å². The molecule has 0 fully saturated rings. The molecular formula is C21H22BrN4O2S+. The monoisotopic (exact) mass is 473 g/mol. The van der Waals surface area contributed by atoms with E-state index in [1.165, 1.54) is 0 Å². The van der Waals surface area contributed by atoms with Gasteiger partial charge in [0.05, 0.1) is 11.3 Å². The van der Waals surface area contributed by atoms with Crippen molar-refractivity contribution in [3.05, 3.63) is 62.9 Å². The van der Waals surface area contributed by atoms with Crippen LogP contribution in [0.3, 0.4) is 0 Å². The Morgan fingerprint density at radius 2 is 2.10 bits per heavy atom. The van der Waals surface area contributed by atoms with Crippen LogP contribution in [0, 0.1) is 0 Å². The number of aromatic amines is 1. The number of fused-ring (bicyclic) bond motifs is 3. The average molecular weight is 474 g/mol. The van der Waals surface area contributed by atoms with Crippen molar-refractivity contribution < 1.29 is 9.79 Å². The number of rotatable bonds is 6. The fourth-order valence-corrected chi connectivity index (χ4v) is 4.63. The molecule has 0 bridgehead atoms. The highest BCUT2D eigenvalue weighted by molar-refractivity contribution is 9.10. The number of benzene rings is 2. The molecule has 0 unspecified atom stereocenters. The van der Waals surface area contributed by atoms with Crippen LogP contribution in [0.1, 0.15) is 37.9 Å². The number of phenols is 1. The molecule has 4 rings (SSSR count). The second-order valence-corrected chi connectivity index (χ2v) is 8.94. The third kappa shape index (κ3) is 4.18. The zero-order valence-corrected chi connectivity index (χ0v) is 18.4. The average Bonchev–Trinajstić information content (AvgIpc) is 2.70. The summed E-state index contributed by atoms with van der Waals surface area (Å²) in [6.45, 7) is 2.17. The number of anilines is 1. The quantitative estimate of drug-likeness (QED) is 0.280. The minimum Gasteiger partial charge on any atom is -0.508 e. The van der Waals surface area contributed by atoms with Gasteiger partial charge >= 0.3 is 11.3 Å². The van der Waals surface area contributed by atoms with Crippen molar-refractivity contribution in [1.82, 2.24) is 10.1 Å². The molecule has 8 heteroatoms. The molecule has 0 saturated carbocycles. The van der Waals surface area contributed by atoms with Gasteiger partial charge in [0.25, 0.3) is 6.17 Å². The van der Waals surface area contributed by atoms with E-state index in [4.69, 9.17) is 5.10 Å². The zero-order valence-electron chi connectivity index (χ0n) is 16.0. The minimum absolute atomic E-state index is 0.173. The summed E-state index contributed by atoms with van der Waals surface area (Å²) in [6.07, 6.45) is 2.99. The van der Waals surface area contributed by atoms with Gasteiger partial charge in [-0.15, -0.1) is 0 Å². The maximum absolute atomic E-state index is 13.1. The summed E-state index contributed by atoms with van der Waals surface area (Å²) in [6, 6.07) is 12.8. The van der Waals surface area contributed by atoms with E-state index < -0.39 is 6.17 Å². The van der Waals surface area contributed by atoms with Gasteiger partial charge in [-0.2, -0.15) is 0 Å². The Labute approximate surface area is 181 Å². The van der Waals surface area contributed by atoms with Crippen LogP contribution in [-0.2, 0) is 0 Å². The summed E-state index contributed by atoms with van der Waals surface area (Å²) in [7, 11) is 0. The van der Waals surface area contributed by atoms with Gasteiger partial charge in [0.2, 0.25) is 5.16 Å². The summed E-state index contributed by atoms with van der Waals surface area (Å²) in [4.78, 5) is 16.0. The largest absolute Gasteiger partial charge is 0.508 e. The molecule has 2 heterocycles. The van der Waals surface area contributed by atoms with Crippen molar-refractivity contribution >= 4 is 33.4 Å². The number of hydrogen-bond acceptors (Lipinski definition) is 5. The summed E-state index contributed by atoms with van der Waals surface area (Å²) in [5.74, 6) is 1.08. The molecule has 0 saturated heterocycles. The highest BCUT2D eigenvalue weighted by Gasteiger charge is 2.38. The second-order valence-electron chi connectivity index (χ2n) is 6.94. The predicted octanol–water partition coefficient (Wildman–Crippen LogP) is 4.45. The van der Waals surface area contributed by atoms with Crippen LogP contribution < -0.4 is 15.6 Å². The van der Waals surface area contributed by atoms with Crippen molar-refractivity contribution in [2.75, 3.05) is 11.1 Å². The molecule has 3 N–H and O–H groups in total. The zero-order chi connectivity index (χ0) is 20.4. The molecule has 6 nitrogen and oxygen atoms in total. The molecule has 0 radical (unpaired) electrons. The lowest BCUT2D eigenvalue weighted by Gasteiger charge is -2.22. The van der Waals surface area contributed by atoms with Crippen molar-refractivity contribution in [1.29, 1.82) is 0 Å². The number of aromatic hydroxyl groups is 1. The standard InChI is InChI=1S/C21H21BrN4O2S/c1-2-3-4-10-29-21-24-20(28)18-16-12-14(22)8-9-17(16)23-19(26(18)25-21)13-6-5-7-15(27)11-13/h5-9,11-12,19H,2-4,10H2,1H3,(H2,24,25,27,28)/p+1/t19-/m0/s1. The lowest BCUT2D eigenvalue weighted by molar-refractivity contribution is -0.759. The molecule has 1 atom stereocenters. The van der Waals surface area contributed by atoms with Gasteiger partial charge < -0.3 is 10.4 Å². The molecule has 0 amide bonds. The van der Waals surface area contributed by atoms with Gasteiger partial charge in [0.15, 0.2) is 0 Å². The molecule has 3 aromatic rings. The Balaban J connectivity index is 1.82. The van der Waals surface area contributed by atoms with Crippen LogP contribution >= 0.6 is 27.7 Å².